The zero-order valence-electron chi connectivity index (χ0n) is 8.37. The Morgan fingerprint density at radius 2 is 1.88 bits per heavy atom. The Balaban J connectivity index is 4.70. The van der Waals surface area contributed by atoms with Crippen LogP contribution in [0.15, 0.2) is 11.8 Å². The number of hydrogen-bond donors (Lipinski definition) is 0. The highest BCUT2D eigenvalue weighted by atomic mass is 32.2. The number of ether oxygens (including phenoxy) is 1. The van der Waals surface area contributed by atoms with Crippen LogP contribution in [0.25, 0.3) is 0 Å². The molecule has 9 heteroatoms. The predicted molar refractivity (Wildman–Crippen MR) is 46.4 cm³/mol. The van der Waals surface area contributed by atoms with Crippen LogP contribution >= 0.6 is 0 Å². The van der Waals surface area contributed by atoms with Crippen LogP contribution in [0.2, 0.25) is 0 Å². The molecule has 16 heavy (non-hydrogen) atoms. The van der Waals surface area contributed by atoms with Crippen LogP contribution in [0.4, 0.5) is 13.2 Å². The fourth-order valence-electron chi connectivity index (χ4n) is 0.594. The number of esters is 1. The van der Waals surface area contributed by atoms with Gasteiger partial charge in [0.25, 0.3) is 0 Å². The van der Waals surface area contributed by atoms with E-state index >= 15 is 0 Å². The monoisotopic (exact) mass is 262 g/mol. The Morgan fingerprint density at radius 3 is 2.25 bits per heavy atom. The van der Waals surface area contributed by atoms with Gasteiger partial charge in [0.2, 0.25) is 0 Å². The largest absolute Gasteiger partial charge is 0.534 e. The van der Waals surface area contributed by atoms with Gasteiger partial charge in [0, 0.05) is 0 Å². The molecule has 0 aliphatic rings. The number of allylic oxidation sites excluding steroid dienone is 1. The smallest absolute Gasteiger partial charge is 0.463 e. The van der Waals surface area contributed by atoms with Crippen molar-refractivity contribution in [3.05, 3.63) is 11.8 Å². The number of carbonyl (C=O) groups is 1. The average molecular weight is 262 g/mol. The van der Waals surface area contributed by atoms with Gasteiger partial charge in [0.05, 0.1) is 12.7 Å². The summed E-state index contributed by atoms with van der Waals surface area (Å²) in [6.07, 6.45) is 0.507. The highest BCUT2D eigenvalue weighted by molar-refractivity contribution is 7.87. The van der Waals surface area contributed by atoms with Gasteiger partial charge < -0.3 is 8.92 Å². The molecule has 0 saturated carbocycles. The third-order valence-corrected chi connectivity index (χ3v) is 2.18. The summed E-state index contributed by atoms with van der Waals surface area (Å²) in [6, 6.07) is 0. The van der Waals surface area contributed by atoms with Crippen molar-refractivity contribution in [2.24, 2.45) is 0 Å². The molecule has 0 radical (unpaired) electrons. The molecular formula is C7H9F3O5S. The van der Waals surface area contributed by atoms with E-state index in [1.54, 1.807) is 0 Å². The zero-order chi connectivity index (χ0) is 13.0. The van der Waals surface area contributed by atoms with Crippen LogP contribution in [0.3, 0.4) is 0 Å². The van der Waals surface area contributed by atoms with Crippen molar-refractivity contribution in [2.45, 2.75) is 19.4 Å². The van der Waals surface area contributed by atoms with Gasteiger partial charge >= 0.3 is 21.6 Å². The first kappa shape index (κ1) is 14.8. The van der Waals surface area contributed by atoms with Crippen LogP contribution in [0.5, 0.6) is 0 Å². The van der Waals surface area contributed by atoms with Crippen molar-refractivity contribution in [1.82, 2.24) is 0 Å². The summed E-state index contributed by atoms with van der Waals surface area (Å²) < 4.78 is 64.4. The number of alkyl halides is 3. The lowest BCUT2D eigenvalue weighted by Crippen LogP contribution is -2.25. The summed E-state index contributed by atoms with van der Waals surface area (Å²) in [5, 5.41) is 0. The Kier molecular flexibility index (Phi) is 4.79. The number of rotatable bonds is 4. The molecule has 5 nitrogen and oxygen atoms in total. The molecule has 0 aromatic rings. The molecule has 0 fully saturated rings. The van der Waals surface area contributed by atoms with Crippen LogP contribution in [0, 0.1) is 0 Å². The van der Waals surface area contributed by atoms with Crippen LogP contribution in [-0.4, -0.2) is 26.5 Å². The topological polar surface area (TPSA) is 69.7 Å². The molecule has 0 heterocycles. The maximum absolute atomic E-state index is 11.8. The van der Waals surface area contributed by atoms with E-state index in [0.717, 1.165) is 6.92 Å². The van der Waals surface area contributed by atoms with E-state index < -0.39 is 27.4 Å². The molecule has 94 valence electrons. The minimum absolute atomic E-state index is 0.00857. The summed E-state index contributed by atoms with van der Waals surface area (Å²) >= 11 is 0. The fraction of sp³-hybridized carbons (Fsp3) is 0.571. The molecule has 0 aromatic carbocycles. The molecule has 0 spiro atoms. The number of halogens is 3. The summed E-state index contributed by atoms with van der Waals surface area (Å²) in [5.41, 5.74) is -5.53. The van der Waals surface area contributed by atoms with Gasteiger partial charge in [-0.05, 0) is 13.8 Å². The van der Waals surface area contributed by atoms with Gasteiger partial charge in [-0.2, -0.15) is 21.6 Å². The first-order chi connectivity index (χ1) is 7.10. The SMILES string of the molecule is CCOC(=O)/C=C(\C)OS(=O)(=O)C(F)(F)F. The lowest BCUT2D eigenvalue weighted by molar-refractivity contribution is -0.137. The second-order valence-electron chi connectivity index (χ2n) is 2.49. The molecule has 0 aliphatic carbocycles. The summed E-state index contributed by atoms with van der Waals surface area (Å²) in [5.74, 6) is -1.71. The molecule has 0 bridgehead atoms. The summed E-state index contributed by atoms with van der Waals surface area (Å²) in [7, 11) is -5.73. The van der Waals surface area contributed by atoms with Crippen LogP contribution < -0.4 is 0 Å². The molecule has 0 N–H and O–H groups in total. The molecule has 0 amide bonds. The molecule has 0 saturated heterocycles. The zero-order valence-corrected chi connectivity index (χ0v) is 9.18. The summed E-state index contributed by atoms with van der Waals surface area (Å²) in [6.45, 7) is 2.38. The quantitative estimate of drug-likeness (QED) is 0.251. The minimum Gasteiger partial charge on any atom is -0.463 e. The third kappa shape index (κ3) is 4.51. The lowest BCUT2D eigenvalue weighted by Gasteiger charge is -2.09. The highest BCUT2D eigenvalue weighted by Crippen LogP contribution is 2.26. The fourth-order valence-corrected chi connectivity index (χ4v) is 1.08. The van der Waals surface area contributed by atoms with Crippen molar-refractivity contribution < 1.29 is 35.3 Å². The Morgan fingerprint density at radius 1 is 1.38 bits per heavy atom. The van der Waals surface area contributed by atoms with E-state index in [2.05, 4.69) is 8.92 Å². The first-order valence-electron chi connectivity index (χ1n) is 3.96. The standard InChI is InChI=1S/C7H9F3O5S/c1-3-14-6(11)4-5(2)15-16(12,13)7(8,9)10/h4H,3H2,1-2H3/b5-4+. The van der Waals surface area contributed by atoms with Gasteiger partial charge in [-0.15, -0.1) is 0 Å². The molecule has 0 aliphatic heterocycles. The molecular weight excluding hydrogens is 253 g/mol. The van der Waals surface area contributed by atoms with Gasteiger partial charge in [0.15, 0.2) is 0 Å². The maximum atomic E-state index is 11.8. The molecule has 0 aromatic heterocycles. The van der Waals surface area contributed by atoms with Gasteiger partial charge in [-0.1, -0.05) is 0 Å². The lowest BCUT2D eigenvalue weighted by atomic mass is 10.5. The second kappa shape index (κ2) is 5.19. The van der Waals surface area contributed by atoms with Gasteiger partial charge in [0.1, 0.15) is 5.76 Å². The highest BCUT2D eigenvalue weighted by Gasteiger charge is 2.48. The van der Waals surface area contributed by atoms with Gasteiger partial charge in [-0.25, -0.2) is 4.79 Å². The van der Waals surface area contributed by atoms with E-state index in [0.29, 0.717) is 6.08 Å². The third-order valence-electron chi connectivity index (χ3n) is 1.13. The van der Waals surface area contributed by atoms with E-state index in [1.807, 2.05) is 0 Å². The Labute approximate surface area is 90.0 Å². The van der Waals surface area contributed by atoms with Crippen molar-refractivity contribution in [2.75, 3.05) is 6.61 Å². The van der Waals surface area contributed by atoms with Gasteiger partial charge in [-0.3, -0.25) is 0 Å². The second-order valence-corrected chi connectivity index (χ2v) is 4.03. The maximum Gasteiger partial charge on any atom is 0.534 e. The van der Waals surface area contributed by atoms with E-state index in [9.17, 15) is 26.4 Å². The van der Waals surface area contributed by atoms with E-state index in [1.165, 1.54) is 6.92 Å². The van der Waals surface area contributed by atoms with E-state index in [-0.39, 0.29) is 6.61 Å². The molecule has 0 atom stereocenters. The normalized spacial score (nSPS) is 13.4. The van der Waals surface area contributed by atoms with Crippen LogP contribution in [0.1, 0.15) is 13.8 Å². The minimum atomic E-state index is -5.73. The van der Waals surface area contributed by atoms with Crippen LogP contribution in [-0.2, 0) is 23.8 Å². The molecule has 0 unspecified atom stereocenters. The first-order valence-corrected chi connectivity index (χ1v) is 5.36. The number of carbonyl (C=O) groups excluding carboxylic acids is 1. The predicted octanol–water partition coefficient (Wildman–Crippen LogP) is 1.32. The van der Waals surface area contributed by atoms with Crippen molar-refractivity contribution >= 4 is 16.1 Å². The Bertz CT molecular complexity index is 381. The summed E-state index contributed by atoms with van der Waals surface area (Å²) in [4.78, 5) is 10.7. The van der Waals surface area contributed by atoms with Crippen molar-refractivity contribution in [3.63, 3.8) is 0 Å². The van der Waals surface area contributed by atoms with Crippen molar-refractivity contribution in [1.29, 1.82) is 0 Å². The van der Waals surface area contributed by atoms with E-state index in [4.69, 9.17) is 0 Å². The molecule has 0 rings (SSSR count). The number of hydrogen-bond acceptors (Lipinski definition) is 5. The average Bonchev–Trinajstić information content (AvgIpc) is 1.99. The van der Waals surface area contributed by atoms with Crippen molar-refractivity contribution in [3.8, 4) is 0 Å². The Hall–Kier alpha value is -1.25.